The Bertz CT molecular complexity index is 246. The molecule has 1 aliphatic rings. The van der Waals surface area contributed by atoms with E-state index in [1.54, 1.807) is 0 Å². The van der Waals surface area contributed by atoms with Crippen molar-refractivity contribution in [3.63, 3.8) is 0 Å². The molecule has 0 aromatic heterocycles. The van der Waals surface area contributed by atoms with Gasteiger partial charge in [0.05, 0.1) is 5.55 Å². The largest absolute Gasteiger partial charge is 0.376 e. The molecule has 0 atom stereocenters. The molecule has 0 radical (unpaired) electrons. The number of hydrogen-bond donors (Lipinski definition) is 1. The molecule has 6 heteroatoms. The molecule has 0 aliphatic carbocycles. The molecule has 2 N–H and O–H groups in total. The van der Waals surface area contributed by atoms with E-state index in [0.717, 1.165) is 0 Å². The Balaban J connectivity index is 3.26. The fourth-order valence-corrected chi connectivity index (χ4v) is 1.12. The van der Waals surface area contributed by atoms with Crippen LogP contribution in [0.15, 0.2) is 10.2 Å². The fraction of sp³-hybridized carbons (Fsp3) is 0. The highest BCUT2D eigenvalue weighted by molar-refractivity contribution is 8.69. The summed E-state index contributed by atoms with van der Waals surface area (Å²) in [5, 5.41) is 7.27. The van der Waals surface area contributed by atoms with Gasteiger partial charge in [-0.05, 0) is 22.4 Å². The Morgan fingerprint density at radius 1 is 1.62 bits per heavy atom. The standard InChI is InChI=1S/C2H3N3S3/c3-2-5-4-1-8(2,6)7/h1H,(H2,3,5). The Labute approximate surface area is 56.5 Å². The molecule has 0 saturated carbocycles. The van der Waals surface area contributed by atoms with Crippen molar-refractivity contribution < 1.29 is 0 Å². The lowest BCUT2D eigenvalue weighted by atomic mass is 11.4. The molecule has 3 nitrogen and oxygen atoms in total. The number of nitrogens with two attached hydrogens (primary N) is 1. The van der Waals surface area contributed by atoms with Crippen molar-refractivity contribution in [2.24, 2.45) is 15.9 Å². The van der Waals surface area contributed by atoms with Crippen LogP contribution in [-0.2, 0) is 29.5 Å². The van der Waals surface area contributed by atoms with Crippen molar-refractivity contribution in [2.45, 2.75) is 0 Å². The summed E-state index contributed by atoms with van der Waals surface area (Å²) in [5.41, 5.74) is 6.72. The van der Waals surface area contributed by atoms with Crippen molar-refractivity contribution in [3.05, 3.63) is 0 Å². The first-order valence-electron chi connectivity index (χ1n) is 1.74. The van der Waals surface area contributed by atoms with Crippen molar-refractivity contribution in [1.82, 2.24) is 0 Å². The number of amidine groups is 1. The van der Waals surface area contributed by atoms with Crippen LogP contribution in [0.3, 0.4) is 0 Å². The van der Waals surface area contributed by atoms with Gasteiger partial charge < -0.3 is 5.73 Å². The third kappa shape index (κ3) is 0.862. The maximum absolute atomic E-state index is 5.27. The van der Waals surface area contributed by atoms with Gasteiger partial charge in [0, 0.05) is 7.15 Å². The average molecular weight is 165 g/mol. The van der Waals surface area contributed by atoms with Crippen LogP contribution >= 0.6 is 0 Å². The Hall–Kier alpha value is -0.0700. The zero-order valence-electron chi connectivity index (χ0n) is 3.77. The molecule has 44 valence electrons. The van der Waals surface area contributed by atoms with Crippen molar-refractivity contribution in [2.75, 3.05) is 0 Å². The van der Waals surface area contributed by atoms with Crippen LogP contribution in [0.5, 0.6) is 0 Å². The van der Waals surface area contributed by atoms with Crippen LogP contribution in [0.2, 0.25) is 0 Å². The smallest absolute Gasteiger partial charge is 0.193 e. The molecular weight excluding hydrogens is 162 g/mol. The molecule has 0 bridgehead atoms. The third-order valence-corrected chi connectivity index (χ3v) is 3.21. The van der Waals surface area contributed by atoms with Crippen LogP contribution in [0.25, 0.3) is 0 Å². The summed E-state index contributed by atoms with van der Waals surface area (Å²) in [5.74, 6) is 0. The minimum atomic E-state index is -1.72. The van der Waals surface area contributed by atoms with Crippen LogP contribution in [0.1, 0.15) is 0 Å². The summed E-state index contributed by atoms with van der Waals surface area (Å²) < 4.78 is 0. The number of hydrogen-bond acceptors (Lipinski definition) is 5. The molecule has 0 aromatic rings. The van der Waals surface area contributed by atoms with Gasteiger partial charge >= 0.3 is 0 Å². The molecule has 0 spiro atoms. The van der Waals surface area contributed by atoms with Crippen LogP contribution in [-0.4, -0.2) is 10.7 Å². The maximum atomic E-state index is 5.27. The highest BCUT2D eigenvalue weighted by Crippen LogP contribution is 1.95. The van der Waals surface area contributed by atoms with Crippen LogP contribution in [0, 0.1) is 0 Å². The fourth-order valence-electron chi connectivity index (χ4n) is 0.253. The van der Waals surface area contributed by atoms with Gasteiger partial charge in [0.2, 0.25) is 0 Å². The molecule has 0 unspecified atom stereocenters. The van der Waals surface area contributed by atoms with Gasteiger partial charge in [-0.2, -0.15) is 0 Å². The van der Waals surface area contributed by atoms with Gasteiger partial charge in [0.25, 0.3) is 0 Å². The van der Waals surface area contributed by atoms with E-state index < -0.39 is 7.15 Å². The molecular formula is C2H3N3S3. The zero-order valence-corrected chi connectivity index (χ0v) is 6.22. The topological polar surface area (TPSA) is 50.7 Å². The van der Waals surface area contributed by atoms with Gasteiger partial charge in [-0.3, -0.25) is 0 Å². The summed E-state index contributed by atoms with van der Waals surface area (Å²) in [6.45, 7) is 0. The van der Waals surface area contributed by atoms with E-state index in [4.69, 9.17) is 28.1 Å². The van der Waals surface area contributed by atoms with E-state index in [0.29, 0.717) is 5.17 Å². The monoisotopic (exact) mass is 165 g/mol. The summed E-state index contributed by atoms with van der Waals surface area (Å²) in [6, 6.07) is 0. The van der Waals surface area contributed by atoms with E-state index in [-0.39, 0.29) is 0 Å². The maximum Gasteiger partial charge on any atom is 0.193 e. The highest BCUT2D eigenvalue weighted by Gasteiger charge is 2.07. The quantitative estimate of drug-likeness (QED) is 0.518. The SMILES string of the molecule is NC1=NN=CS1(=S)=S. The predicted octanol–water partition coefficient (Wildman–Crippen LogP) is -0.664. The number of rotatable bonds is 0. The van der Waals surface area contributed by atoms with Crippen molar-refractivity contribution in [1.29, 1.82) is 0 Å². The molecule has 0 fully saturated rings. The van der Waals surface area contributed by atoms with Gasteiger partial charge in [-0.1, -0.05) is 0 Å². The zero-order chi connectivity index (χ0) is 6.20. The second-order valence-electron chi connectivity index (χ2n) is 1.20. The van der Waals surface area contributed by atoms with Crippen LogP contribution < -0.4 is 5.73 Å². The second-order valence-corrected chi connectivity index (χ2v) is 6.71. The molecule has 0 saturated heterocycles. The first-order valence-corrected chi connectivity index (χ1v) is 5.29. The van der Waals surface area contributed by atoms with E-state index in [9.17, 15) is 0 Å². The first kappa shape index (κ1) is 6.06. The molecule has 1 heterocycles. The van der Waals surface area contributed by atoms with Gasteiger partial charge in [-0.15, -0.1) is 10.2 Å². The van der Waals surface area contributed by atoms with E-state index in [2.05, 4.69) is 10.2 Å². The second kappa shape index (κ2) is 1.71. The van der Waals surface area contributed by atoms with Crippen molar-refractivity contribution in [3.8, 4) is 0 Å². The summed E-state index contributed by atoms with van der Waals surface area (Å²) in [4.78, 5) is 0. The molecule has 1 rings (SSSR count). The van der Waals surface area contributed by atoms with E-state index in [1.165, 1.54) is 5.55 Å². The minimum Gasteiger partial charge on any atom is -0.376 e. The highest BCUT2D eigenvalue weighted by atomic mass is 33.1. The number of nitrogens with zero attached hydrogens (tertiary/aromatic N) is 2. The summed E-state index contributed by atoms with van der Waals surface area (Å²) in [6.07, 6.45) is 0. The lowest BCUT2D eigenvalue weighted by Crippen LogP contribution is -2.18. The van der Waals surface area contributed by atoms with Crippen molar-refractivity contribution >= 4 is 40.2 Å². The lowest BCUT2D eigenvalue weighted by Gasteiger charge is -1.89. The first-order chi connectivity index (χ1) is 3.63. The Kier molecular flexibility index (Phi) is 1.30. The Morgan fingerprint density at radius 3 is 2.38 bits per heavy atom. The molecule has 8 heavy (non-hydrogen) atoms. The van der Waals surface area contributed by atoms with Crippen LogP contribution in [0.4, 0.5) is 0 Å². The van der Waals surface area contributed by atoms with Gasteiger partial charge in [-0.25, -0.2) is 0 Å². The van der Waals surface area contributed by atoms with E-state index >= 15 is 0 Å². The predicted molar refractivity (Wildman–Crippen MR) is 42.2 cm³/mol. The average Bonchev–Trinajstić information content (AvgIpc) is 1.86. The summed E-state index contributed by atoms with van der Waals surface area (Å²) >= 11 is 9.65. The summed E-state index contributed by atoms with van der Waals surface area (Å²) in [7, 11) is -1.72. The minimum absolute atomic E-state index is 0.308. The Morgan fingerprint density at radius 2 is 2.25 bits per heavy atom. The normalized spacial score (nSPS) is 23.2. The lowest BCUT2D eigenvalue weighted by molar-refractivity contribution is 1.27. The molecule has 1 aliphatic heterocycles. The molecule has 0 aromatic carbocycles. The third-order valence-electron chi connectivity index (χ3n) is 0.634. The van der Waals surface area contributed by atoms with Gasteiger partial charge in [0.15, 0.2) is 5.17 Å². The van der Waals surface area contributed by atoms with E-state index in [1.807, 2.05) is 0 Å². The van der Waals surface area contributed by atoms with Gasteiger partial charge in [0.1, 0.15) is 0 Å². The molecule has 0 amide bonds.